The van der Waals surface area contributed by atoms with E-state index in [0.29, 0.717) is 37.7 Å². The molecular weight excluding hydrogens is 336 g/mol. The van der Waals surface area contributed by atoms with Gasteiger partial charge in [-0.2, -0.15) is 0 Å². The highest BCUT2D eigenvalue weighted by atomic mass is 16.5. The molecule has 0 saturated heterocycles. The smallest absolute Gasteiger partial charge is 0.335 e. The highest BCUT2D eigenvalue weighted by Gasteiger charge is 2.11. The van der Waals surface area contributed by atoms with E-state index in [1.54, 1.807) is 0 Å². The molecule has 0 aliphatic heterocycles. The Bertz CT molecular complexity index is 776. The van der Waals surface area contributed by atoms with Crippen LogP contribution in [0.5, 0.6) is 11.5 Å². The van der Waals surface area contributed by atoms with Crippen molar-refractivity contribution in [3.63, 3.8) is 0 Å². The number of nitrogens with one attached hydrogen (secondary N) is 1. The van der Waals surface area contributed by atoms with E-state index in [1.165, 1.54) is 18.3 Å². The zero-order valence-corrected chi connectivity index (χ0v) is 14.8. The fraction of sp³-hybridized carbons (Fsp3) is 0.316. The summed E-state index contributed by atoms with van der Waals surface area (Å²) < 4.78 is 11.1. The molecule has 0 atom stereocenters. The normalized spacial score (nSPS) is 10.2. The molecule has 0 fully saturated rings. The van der Waals surface area contributed by atoms with Crippen molar-refractivity contribution in [3.05, 3.63) is 53.3 Å². The predicted octanol–water partition coefficient (Wildman–Crippen LogP) is 2.55. The third-order valence-corrected chi connectivity index (χ3v) is 3.55. The van der Waals surface area contributed by atoms with Crippen molar-refractivity contribution in [1.82, 2.24) is 10.3 Å². The summed E-state index contributed by atoms with van der Waals surface area (Å²) in [7, 11) is 0. The monoisotopic (exact) mass is 358 g/mol. The van der Waals surface area contributed by atoms with Crippen molar-refractivity contribution in [2.24, 2.45) is 0 Å². The van der Waals surface area contributed by atoms with Crippen LogP contribution in [-0.4, -0.2) is 41.7 Å². The minimum Gasteiger partial charge on any atom is -0.490 e. The first-order chi connectivity index (χ1) is 12.5. The number of carbonyl (C=O) groups is 2. The molecular formula is C19H22N2O5. The maximum atomic E-state index is 12.1. The van der Waals surface area contributed by atoms with Gasteiger partial charge in [0.25, 0.3) is 5.91 Å². The number of nitrogens with zero attached hydrogens (tertiary/aromatic N) is 1. The van der Waals surface area contributed by atoms with E-state index in [-0.39, 0.29) is 11.3 Å². The first kappa shape index (κ1) is 19.2. The summed E-state index contributed by atoms with van der Waals surface area (Å²) in [6.07, 6.45) is 1.90. The molecule has 2 N–H and O–H groups in total. The topological polar surface area (TPSA) is 97.8 Å². The first-order valence-corrected chi connectivity index (χ1v) is 8.41. The lowest BCUT2D eigenvalue weighted by atomic mass is 10.1. The van der Waals surface area contributed by atoms with Crippen molar-refractivity contribution in [1.29, 1.82) is 0 Å². The average molecular weight is 358 g/mol. The van der Waals surface area contributed by atoms with Crippen molar-refractivity contribution in [2.75, 3.05) is 19.8 Å². The van der Waals surface area contributed by atoms with Gasteiger partial charge in [-0.3, -0.25) is 9.78 Å². The molecule has 7 heteroatoms. The summed E-state index contributed by atoms with van der Waals surface area (Å²) in [5, 5.41) is 11.7. The van der Waals surface area contributed by atoms with Crippen molar-refractivity contribution < 1.29 is 24.2 Å². The van der Waals surface area contributed by atoms with Crippen LogP contribution in [0.2, 0.25) is 0 Å². The Morgan fingerprint density at radius 1 is 1.08 bits per heavy atom. The van der Waals surface area contributed by atoms with Crippen molar-refractivity contribution in [2.45, 2.75) is 20.3 Å². The highest BCUT2D eigenvalue weighted by molar-refractivity contribution is 5.95. The molecule has 0 aliphatic carbocycles. The largest absolute Gasteiger partial charge is 0.490 e. The third kappa shape index (κ3) is 5.20. The van der Waals surface area contributed by atoms with Crippen LogP contribution in [-0.2, 0) is 6.42 Å². The van der Waals surface area contributed by atoms with Gasteiger partial charge in [-0.1, -0.05) is 6.07 Å². The number of carboxylic acids is 1. The first-order valence-electron chi connectivity index (χ1n) is 8.41. The van der Waals surface area contributed by atoms with Crippen LogP contribution in [0.3, 0.4) is 0 Å². The maximum absolute atomic E-state index is 12.1. The van der Waals surface area contributed by atoms with Gasteiger partial charge in [0, 0.05) is 12.7 Å². The molecule has 1 amide bonds. The average Bonchev–Trinajstić information content (AvgIpc) is 2.64. The van der Waals surface area contributed by atoms with Gasteiger partial charge in [-0.15, -0.1) is 0 Å². The van der Waals surface area contributed by atoms with Gasteiger partial charge in [0.1, 0.15) is 5.69 Å². The second kappa shape index (κ2) is 9.41. The van der Waals surface area contributed by atoms with Crippen molar-refractivity contribution >= 4 is 11.9 Å². The Kier molecular flexibility index (Phi) is 6.96. The zero-order chi connectivity index (χ0) is 18.9. The van der Waals surface area contributed by atoms with E-state index in [4.69, 9.17) is 14.6 Å². The molecule has 0 saturated carbocycles. The Hall–Kier alpha value is -3.09. The Balaban J connectivity index is 1.96. The SMILES string of the molecule is CCOc1ccc(CCNC(=O)c2cc(C(=O)O)ccn2)cc1OCC. The lowest BCUT2D eigenvalue weighted by molar-refractivity contribution is 0.0696. The second-order valence-corrected chi connectivity index (χ2v) is 5.39. The van der Waals surface area contributed by atoms with Gasteiger partial charge < -0.3 is 19.9 Å². The molecule has 0 unspecified atom stereocenters. The molecule has 1 aromatic carbocycles. The number of aromatic carboxylic acids is 1. The number of amides is 1. The molecule has 2 aromatic rings. The highest BCUT2D eigenvalue weighted by Crippen LogP contribution is 2.28. The third-order valence-electron chi connectivity index (χ3n) is 3.55. The predicted molar refractivity (Wildman–Crippen MR) is 96.0 cm³/mol. The van der Waals surface area contributed by atoms with Crippen LogP contribution in [0.4, 0.5) is 0 Å². The molecule has 1 heterocycles. The van der Waals surface area contributed by atoms with E-state index < -0.39 is 11.9 Å². The van der Waals surface area contributed by atoms with Crippen LogP contribution >= 0.6 is 0 Å². The Labute approximate surface area is 152 Å². The van der Waals surface area contributed by atoms with Crippen LogP contribution in [0.1, 0.15) is 40.3 Å². The molecule has 2 rings (SSSR count). The standard InChI is InChI=1S/C19H22N2O5/c1-3-25-16-6-5-13(11-17(16)26-4-2)7-9-21-18(22)15-12-14(19(23)24)8-10-20-15/h5-6,8,10-12H,3-4,7,9H2,1-2H3,(H,21,22)(H,23,24). The summed E-state index contributed by atoms with van der Waals surface area (Å²) >= 11 is 0. The Morgan fingerprint density at radius 3 is 2.50 bits per heavy atom. The van der Waals surface area contributed by atoms with Gasteiger partial charge in [-0.05, 0) is 50.1 Å². The van der Waals surface area contributed by atoms with E-state index >= 15 is 0 Å². The molecule has 0 aliphatic rings. The van der Waals surface area contributed by atoms with E-state index in [0.717, 1.165) is 5.56 Å². The van der Waals surface area contributed by atoms with Crippen LogP contribution in [0.25, 0.3) is 0 Å². The molecule has 1 aromatic heterocycles. The van der Waals surface area contributed by atoms with Crippen LogP contribution in [0.15, 0.2) is 36.5 Å². The molecule has 0 spiro atoms. The summed E-state index contributed by atoms with van der Waals surface area (Å²) in [6, 6.07) is 8.26. The number of hydrogen-bond acceptors (Lipinski definition) is 5. The van der Waals surface area contributed by atoms with Crippen molar-refractivity contribution in [3.8, 4) is 11.5 Å². The molecule has 138 valence electrons. The number of hydrogen-bond donors (Lipinski definition) is 2. The number of ether oxygens (including phenoxy) is 2. The second-order valence-electron chi connectivity index (χ2n) is 5.39. The number of pyridine rings is 1. The quantitative estimate of drug-likeness (QED) is 0.715. The van der Waals surface area contributed by atoms with Gasteiger partial charge in [0.05, 0.1) is 18.8 Å². The van der Waals surface area contributed by atoms with Gasteiger partial charge in [0.15, 0.2) is 11.5 Å². The summed E-state index contributed by atoms with van der Waals surface area (Å²) in [6.45, 7) is 5.29. The molecule has 0 bridgehead atoms. The maximum Gasteiger partial charge on any atom is 0.335 e. The number of rotatable bonds is 9. The van der Waals surface area contributed by atoms with E-state index in [2.05, 4.69) is 10.3 Å². The van der Waals surface area contributed by atoms with Gasteiger partial charge in [-0.25, -0.2) is 4.79 Å². The minimum atomic E-state index is -1.10. The minimum absolute atomic E-state index is 0.0259. The summed E-state index contributed by atoms with van der Waals surface area (Å²) in [4.78, 5) is 27.0. The van der Waals surface area contributed by atoms with Gasteiger partial charge in [0.2, 0.25) is 0 Å². The molecule has 7 nitrogen and oxygen atoms in total. The van der Waals surface area contributed by atoms with E-state index in [9.17, 15) is 9.59 Å². The zero-order valence-electron chi connectivity index (χ0n) is 14.8. The number of carboxylic acid groups (broad SMARTS) is 1. The lowest BCUT2D eigenvalue weighted by Crippen LogP contribution is -2.26. The fourth-order valence-corrected chi connectivity index (χ4v) is 2.35. The summed E-state index contributed by atoms with van der Waals surface area (Å²) in [5.41, 5.74) is 1.09. The molecule has 0 radical (unpaired) electrons. The number of benzene rings is 1. The van der Waals surface area contributed by atoms with E-state index in [1.807, 2.05) is 32.0 Å². The summed E-state index contributed by atoms with van der Waals surface area (Å²) in [5.74, 6) is -0.144. The lowest BCUT2D eigenvalue weighted by Gasteiger charge is -2.12. The number of carbonyl (C=O) groups excluding carboxylic acids is 1. The number of aromatic nitrogens is 1. The van der Waals surface area contributed by atoms with Gasteiger partial charge >= 0.3 is 5.97 Å². The Morgan fingerprint density at radius 2 is 1.81 bits per heavy atom. The molecule has 26 heavy (non-hydrogen) atoms. The fourth-order valence-electron chi connectivity index (χ4n) is 2.35. The van der Waals surface area contributed by atoms with Crippen LogP contribution < -0.4 is 14.8 Å². The van der Waals surface area contributed by atoms with Crippen LogP contribution in [0, 0.1) is 0 Å².